The summed E-state index contributed by atoms with van der Waals surface area (Å²) in [5.41, 5.74) is 0.525. The summed E-state index contributed by atoms with van der Waals surface area (Å²) in [5, 5.41) is 11.5. The van der Waals surface area contributed by atoms with Crippen molar-refractivity contribution in [2.24, 2.45) is 0 Å². The number of carbonyl (C=O) groups excluding carboxylic acids is 2. The molecule has 1 N–H and O–H groups in total. The van der Waals surface area contributed by atoms with Gasteiger partial charge < -0.3 is 14.9 Å². The minimum absolute atomic E-state index is 0.0283. The molecular formula is C15H13N3O6. The first-order valence-electron chi connectivity index (χ1n) is 6.84. The molecule has 0 aliphatic heterocycles. The summed E-state index contributed by atoms with van der Waals surface area (Å²) in [7, 11) is 0. The minimum Gasteiger partial charge on any atom is -0.423 e. The van der Waals surface area contributed by atoms with Crippen molar-refractivity contribution in [1.82, 2.24) is 10.3 Å². The predicted molar refractivity (Wildman–Crippen MR) is 80.9 cm³/mol. The summed E-state index contributed by atoms with van der Waals surface area (Å²) in [4.78, 5) is 41.7. The number of carbonyl (C=O) groups is 2. The third-order valence-electron chi connectivity index (χ3n) is 2.79. The average Bonchev–Trinajstić information content (AvgIpc) is 2.59. The maximum Gasteiger partial charge on any atom is 0.345 e. The van der Waals surface area contributed by atoms with Crippen LogP contribution in [0.25, 0.3) is 0 Å². The zero-order chi connectivity index (χ0) is 17.4. The molecule has 9 heteroatoms. The van der Waals surface area contributed by atoms with Crippen molar-refractivity contribution in [2.75, 3.05) is 13.2 Å². The van der Waals surface area contributed by atoms with Gasteiger partial charge in [-0.05, 0) is 30.3 Å². The molecule has 2 aromatic rings. The van der Waals surface area contributed by atoms with Gasteiger partial charge in [-0.2, -0.15) is 0 Å². The van der Waals surface area contributed by atoms with Crippen LogP contribution in [0.2, 0.25) is 0 Å². The molecule has 1 heterocycles. The van der Waals surface area contributed by atoms with Gasteiger partial charge in [-0.3, -0.25) is 9.78 Å². The Hall–Kier alpha value is -3.49. The fraction of sp³-hybridized carbons (Fsp3) is 0.133. The van der Waals surface area contributed by atoms with Gasteiger partial charge in [0, 0.05) is 24.5 Å². The van der Waals surface area contributed by atoms with Crippen LogP contribution < -0.4 is 10.1 Å². The number of esters is 1. The lowest BCUT2D eigenvalue weighted by molar-refractivity contribution is -0.757. The second-order valence-electron chi connectivity index (χ2n) is 4.47. The molecule has 1 aromatic carbocycles. The number of rotatable bonds is 7. The normalized spacial score (nSPS) is 9.83. The second kappa shape index (κ2) is 8.22. The van der Waals surface area contributed by atoms with E-state index in [0.717, 1.165) is 0 Å². The van der Waals surface area contributed by atoms with Crippen LogP contribution in [-0.2, 0) is 4.84 Å². The van der Waals surface area contributed by atoms with Crippen LogP contribution >= 0.6 is 0 Å². The summed E-state index contributed by atoms with van der Waals surface area (Å²) in [6.45, 7) is -0.284. The summed E-state index contributed by atoms with van der Waals surface area (Å²) in [6.07, 6.45) is 2.90. The fourth-order valence-corrected chi connectivity index (χ4v) is 1.74. The van der Waals surface area contributed by atoms with Gasteiger partial charge in [0.05, 0.1) is 5.56 Å². The highest BCUT2D eigenvalue weighted by Gasteiger charge is 2.11. The Morgan fingerprint density at radius 3 is 2.71 bits per heavy atom. The van der Waals surface area contributed by atoms with Gasteiger partial charge in [0.2, 0.25) is 0 Å². The molecule has 0 atom stereocenters. The van der Waals surface area contributed by atoms with E-state index >= 15 is 0 Å². The lowest BCUT2D eigenvalue weighted by Crippen LogP contribution is -2.27. The van der Waals surface area contributed by atoms with Crippen molar-refractivity contribution in [2.45, 2.75) is 0 Å². The molecule has 0 aliphatic carbocycles. The van der Waals surface area contributed by atoms with Gasteiger partial charge in [-0.15, -0.1) is 10.1 Å². The average molecular weight is 331 g/mol. The van der Waals surface area contributed by atoms with E-state index in [0.29, 0.717) is 0 Å². The van der Waals surface area contributed by atoms with Gasteiger partial charge in [-0.25, -0.2) is 4.79 Å². The van der Waals surface area contributed by atoms with E-state index in [1.54, 1.807) is 18.2 Å². The zero-order valence-corrected chi connectivity index (χ0v) is 12.4. The van der Waals surface area contributed by atoms with E-state index in [1.807, 2.05) is 0 Å². The Labute approximate surface area is 136 Å². The molecule has 2 rings (SSSR count). The molecule has 0 bridgehead atoms. The Morgan fingerprint density at radius 2 is 2.00 bits per heavy atom. The summed E-state index contributed by atoms with van der Waals surface area (Å²) < 4.78 is 5.18. The van der Waals surface area contributed by atoms with Crippen molar-refractivity contribution in [1.29, 1.82) is 0 Å². The standard InChI is InChI=1S/C15H13N3O6/c19-14(17-7-8-23-18(21)22)11-3-1-5-13(9-11)24-15(20)12-4-2-6-16-10-12/h1-6,9-10H,7-8H2,(H,17,19). The van der Waals surface area contributed by atoms with Crippen molar-refractivity contribution in [3.8, 4) is 5.75 Å². The highest BCUT2D eigenvalue weighted by Crippen LogP contribution is 2.15. The van der Waals surface area contributed by atoms with Crippen LogP contribution in [0.3, 0.4) is 0 Å². The number of hydrogen-bond donors (Lipinski definition) is 1. The van der Waals surface area contributed by atoms with Gasteiger partial charge in [-0.1, -0.05) is 6.07 Å². The third-order valence-corrected chi connectivity index (χ3v) is 2.79. The van der Waals surface area contributed by atoms with Crippen LogP contribution in [0.4, 0.5) is 0 Å². The molecule has 0 radical (unpaired) electrons. The Kier molecular flexibility index (Phi) is 5.78. The Morgan fingerprint density at radius 1 is 1.21 bits per heavy atom. The topological polar surface area (TPSA) is 121 Å². The first-order chi connectivity index (χ1) is 11.6. The van der Waals surface area contributed by atoms with Crippen LogP contribution in [0.15, 0.2) is 48.8 Å². The predicted octanol–water partition coefficient (Wildman–Crippen LogP) is 1.24. The molecule has 0 spiro atoms. The third kappa shape index (κ3) is 5.05. The van der Waals surface area contributed by atoms with Crippen molar-refractivity contribution >= 4 is 11.9 Å². The number of nitrogens with zero attached hydrogens (tertiary/aromatic N) is 2. The van der Waals surface area contributed by atoms with Gasteiger partial charge in [0.25, 0.3) is 11.0 Å². The van der Waals surface area contributed by atoms with Gasteiger partial charge in [0.15, 0.2) is 0 Å². The Bertz CT molecular complexity index is 735. The lowest BCUT2D eigenvalue weighted by Gasteiger charge is -2.07. The van der Waals surface area contributed by atoms with Crippen molar-refractivity contribution < 1.29 is 24.3 Å². The monoisotopic (exact) mass is 331 g/mol. The van der Waals surface area contributed by atoms with E-state index in [2.05, 4.69) is 15.1 Å². The largest absolute Gasteiger partial charge is 0.423 e. The van der Waals surface area contributed by atoms with Crippen LogP contribution in [0, 0.1) is 10.1 Å². The van der Waals surface area contributed by atoms with E-state index < -0.39 is 17.0 Å². The van der Waals surface area contributed by atoms with Crippen LogP contribution in [-0.4, -0.2) is 35.1 Å². The molecule has 0 saturated carbocycles. The summed E-state index contributed by atoms with van der Waals surface area (Å²) in [6, 6.07) is 9.15. The zero-order valence-electron chi connectivity index (χ0n) is 12.4. The molecule has 0 aliphatic rings. The number of pyridine rings is 1. The van der Waals surface area contributed by atoms with E-state index in [9.17, 15) is 19.7 Å². The first-order valence-corrected chi connectivity index (χ1v) is 6.84. The van der Waals surface area contributed by atoms with E-state index in [1.165, 1.54) is 30.6 Å². The summed E-state index contributed by atoms with van der Waals surface area (Å²) in [5.74, 6) is -0.876. The lowest BCUT2D eigenvalue weighted by atomic mass is 10.2. The van der Waals surface area contributed by atoms with Crippen LogP contribution in [0.5, 0.6) is 5.75 Å². The second-order valence-corrected chi connectivity index (χ2v) is 4.47. The minimum atomic E-state index is -0.940. The number of ether oxygens (including phenoxy) is 1. The van der Waals surface area contributed by atoms with Crippen molar-refractivity contribution in [3.05, 3.63) is 70.0 Å². The fourth-order valence-electron chi connectivity index (χ4n) is 1.74. The number of benzene rings is 1. The maximum atomic E-state index is 11.9. The smallest absolute Gasteiger partial charge is 0.345 e. The number of aromatic nitrogens is 1. The molecular weight excluding hydrogens is 318 g/mol. The van der Waals surface area contributed by atoms with Crippen LogP contribution in [0.1, 0.15) is 20.7 Å². The summed E-state index contributed by atoms with van der Waals surface area (Å²) >= 11 is 0. The first kappa shape index (κ1) is 16.9. The van der Waals surface area contributed by atoms with Gasteiger partial charge >= 0.3 is 5.97 Å². The molecule has 124 valence electrons. The van der Waals surface area contributed by atoms with Crippen molar-refractivity contribution in [3.63, 3.8) is 0 Å². The molecule has 1 amide bonds. The number of hydrogen-bond acceptors (Lipinski definition) is 7. The van der Waals surface area contributed by atoms with E-state index in [-0.39, 0.29) is 30.0 Å². The Balaban J connectivity index is 1.94. The van der Waals surface area contributed by atoms with Gasteiger partial charge in [0.1, 0.15) is 12.4 Å². The molecule has 0 fully saturated rings. The number of amides is 1. The number of nitrogens with one attached hydrogen (secondary N) is 1. The molecule has 0 unspecified atom stereocenters. The quantitative estimate of drug-likeness (QED) is 0.266. The SMILES string of the molecule is O=C(NCCO[N+](=O)[O-])c1cccc(OC(=O)c2cccnc2)c1. The van der Waals surface area contributed by atoms with E-state index in [4.69, 9.17) is 4.74 Å². The molecule has 1 aromatic heterocycles. The molecule has 24 heavy (non-hydrogen) atoms. The maximum absolute atomic E-state index is 11.9. The molecule has 9 nitrogen and oxygen atoms in total. The highest BCUT2D eigenvalue weighted by atomic mass is 16.9. The highest BCUT2D eigenvalue weighted by molar-refractivity contribution is 5.95. The molecule has 0 saturated heterocycles.